The lowest BCUT2D eigenvalue weighted by molar-refractivity contribution is 0.564. The molecule has 0 atom stereocenters. The van der Waals surface area contributed by atoms with Gasteiger partial charge in [-0.3, -0.25) is 0 Å². The highest BCUT2D eigenvalue weighted by Gasteiger charge is 1.90. The number of rotatable bonds is 4. The molecule has 0 aliphatic rings. The SMILES string of the molecule is O=C=NC/C=C\Cc1cccc(Cl)c1. The van der Waals surface area contributed by atoms with Crippen LogP contribution in [-0.4, -0.2) is 12.6 Å². The van der Waals surface area contributed by atoms with Crippen molar-refractivity contribution in [3.63, 3.8) is 0 Å². The minimum atomic E-state index is 0.393. The second-order valence-corrected chi connectivity index (χ2v) is 3.17. The van der Waals surface area contributed by atoms with Crippen LogP contribution in [0.25, 0.3) is 0 Å². The van der Waals surface area contributed by atoms with E-state index in [1.807, 2.05) is 36.4 Å². The van der Waals surface area contributed by atoms with E-state index in [2.05, 4.69) is 4.99 Å². The Bertz CT molecular complexity index is 367. The summed E-state index contributed by atoms with van der Waals surface area (Å²) in [5, 5.41) is 0.738. The summed E-state index contributed by atoms with van der Waals surface area (Å²) < 4.78 is 0. The van der Waals surface area contributed by atoms with Crippen LogP contribution in [0.2, 0.25) is 5.02 Å². The van der Waals surface area contributed by atoms with Crippen molar-refractivity contribution >= 4 is 17.7 Å². The van der Waals surface area contributed by atoms with Crippen LogP contribution in [-0.2, 0) is 11.2 Å². The Morgan fingerprint density at radius 3 is 3.00 bits per heavy atom. The first kappa shape index (κ1) is 10.7. The minimum Gasteiger partial charge on any atom is -0.211 e. The third kappa shape index (κ3) is 4.04. The van der Waals surface area contributed by atoms with Crippen LogP contribution in [0.5, 0.6) is 0 Å². The summed E-state index contributed by atoms with van der Waals surface area (Å²) >= 11 is 5.81. The predicted molar refractivity (Wildman–Crippen MR) is 57.3 cm³/mol. The lowest BCUT2D eigenvalue weighted by Gasteiger charge is -1.95. The highest BCUT2D eigenvalue weighted by atomic mass is 35.5. The van der Waals surface area contributed by atoms with Crippen molar-refractivity contribution < 1.29 is 4.79 Å². The third-order valence-corrected chi connectivity index (χ3v) is 1.91. The number of halogens is 1. The molecular formula is C11H10ClNO. The highest BCUT2D eigenvalue weighted by molar-refractivity contribution is 6.30. The van der Waals surface area contributed by atoms with Gasteiger partial charge in [-0.1, -0.05) is 35.9 Å². The molecule has 1 aromatic carbocycles. The van der Waals surface area contributed by atoms with Gasteiger partial charge in [0.05, 0.1) is 6.54 Å². The Balaban J connectivity index is 2.45. The van der Waals surface area contributed by atoms with Crippen molar-refractivity contribution in [2.24, 2.45) is 4.99 Å². The van der Waals surface area contributed by atoms with E-state index in [0.29, 0.717) is 6.54 Å². The van der Waals surface area contributed by atoms with E-state index in [0.717, 1.165) is 17.0 Å². The molecule has 0 amide bonds. The van der Waals surface area contributed by atoms with E-state index < -0.39 is 0 Å². The molecular weight excluding hydrogens is 198 g/mol. The molecule has 0 spiro atoms. The van der Waals surface area contributed by atoms with Gasteiger partial charge in [0.1, 0.15) is 0 Å². The molecule has 72 valence electrons. The van der Waals surface area contributed by atoms with Crippen molar-refractivity contribution in [1.82, 2.24) is 0 Å². The first-order valence-corrected chi connectivity index (χ1v) is 4.64. The monoisotopic (exact) mass is 207 g/mol. The molecule has 0 aromatic heterocycles. The lowest BCUT2D eigenvalue weighted by atomic mass is 10.1. The Hall–Kier alpha value is -1.37. The largest absolute Gasteiger partial charge is 0.235 e. The van der Waals surface area contributed by atoms with Gasteiger partial charge in [0.15, 0.2) is 0 Å². The standard InChI is InChI=1S/C11H10ClNO/c12-11-6-3-5-10(8-11)4-1-2-7-13-9-14/h1-3,5-6,8H,4,7H2/b2-1-. The molecule has 0 unspecified atom stereocenters. The highest BCUT2D eigenvalue weighted by Crippen LogP contribution is 2.11. The maximum Gasteiger partial charge on any atom is 0.235 e. The Morgan fingerprint density at radius 2 is 2.29 bits per heavy atom. The number of aliphatic imine (C=N–C) groups is 1. The van der Waals surface area contributed by atoms with Crippen LogP contribution < -0.4 is 0 Å². The van der Waals surface area contributed by atoms with Crippen molar-refractivity contribution in [2.75, 3.05) is 6.54 Å². The second kappa shape index (κ2) is 6.14. The topological polar surface area (TPSA) is 29.4 Å². The summed E-state index contributed by atoms with van der Waals surface area (Å²) in [4.78, 5) is 13.1. The molecule has 0 saturated heterocycles. The van der Waals surface area contributed by atoms with E-state index >= 15 is 0 Å². The van der Waals surface area contributed by atoms with Crippen LogP contribution in [0.15, 0.2) is 41.4 Å². The number of hydrogen-bond donors (Lipinski definition) is 0. The van der Waals surface area contributed by atoms with Crippen molar-refractivity contribution in [3.8, 4) is 0 Å². The third-order valence-electron chi connectivity index (χ3n) is 1.67. The number of carbonyl (C=O) groups excluding carboxylic acids is 1. The molecule has 1 aromatic rings. The van der Waals surface area contributed by atoms with Gasteiger partial charge in [-0.05, 0) is 24.1 Å². The zero-order valence-electron chi connectivity index (χ0n) is 7.61. The van der Waals surface area contributed by atoms with Gasteiger partial charge in [0.2, 0.25) is 6.08 Å². The van der Waals surface area contributed by atoms with E-state index in [1.54, 1.807) is 0 Å². The lowest BCUT2D eigenvalue weighted by Crippen LogP contribution is -1.80. The summed E-state index contributed by atoms with van der Waals surface area (Å²) in [7, 11) is 0. The maximum atomic E-state index is 9.74. The van der Waals surface area contributed by atoms with E-state index in [1.165, 1.54) is 6.08 Å². The molecule has 1 rings (SSSR count). The predicted octanol–water partition coefficient (Wildman–Crippen LogP) is 2.77. The van der Waals surface area contributed by atoms with E-state index in [4.69, 9.17) is 11.6 Å². The van der Waals surface area contributed by atoms with Crippen LogP contribution in [0.4, 0.5) is 0 Å². The van der Waals surface area contributed by atoms with Gasteiger partial charge in [-0.25, -0.2) is 9.79 Å². The molecule has 0 N–H and O–H groups in total. The normalized spacial score (nSPS) is 10.1. The van der Waals surface area contributed by atoms with Crippen LogP contribution in [0.3, 0.4) is 0 Å². The first-order valence-electron chi connectivity index (χ1n) is 4.26. The fraction of sp³-hybridized carbons (Fsp3) is 0.182. The minimum absolute atomic E-state index is 0.393. The summed E-state index contributed by atoms with van der Waals surface area (Å²) in [6.45, 7) is 0.393. The van der Waals surface area contributed by atoms with Crippen LogP contribution in [0.1, 0.15) is 5.56 Å². The maximum absolute atomic E-state index is 9.74. The molecule has 0 fully saturated rings. The summed E-state index contributed by atoms with van der Waals surface area (Å²) in [6, 6.07) is 7.66. The van der Waals surface area contributed by atoms with Crippen LogP contribution >= 0.6 is 11.6 Å². The van der Waals surface area contributed by atoms with Crippen molar-refractivity contribution in [1.29, 1.82) is 0 Å². The van der Waals surface area contributed by atoms with Crippen molar-refractivity contribution in [3.05, 3.63) is 47.0 Å². The zero-order valence-corrected chi connectivity index (χ0v) is 8.37. The summed E-state index contributed by atoms with van der Waals surface area (Å²) in [5.41, 5.74) is 1.14. The quantitative estimate of drug-likeness (QED) is 0.424. The molecule has 14 heavy (non-hydrogen) atoms. The van der Waals surface area contributed by atoms with E-state index in [-0.39, 0.29) is 0 Å². The Labute approximate surface area is 87.9 Å². The van der Waals surface area contributed by atoms with Crippen molar-refractivity contribution in [2.45, 2.75) is 6.42 Å². The number of hydrogen-bond acceptors (Lipinski definition) is 2. The Morgan fingerprint density at radius 1 is 1.43 bits per heavy atom. The number of nitrogens with zero attached hydrogens (tertiary/aromatic N) is 1. The zero-order chi connectivity index (χ0) is 10.2. The van der Waals surface area contributed by atoms with Crippen LogP contribution in [0, 0.1) is 0 Å². The van der Waals surface area contributed by atoms with Gasteiger partial charge in [-0.15, -0.1) is 0 Å². The molecule has 0 heterocycles. The molecule has 0 aliphatic heterocycles. The van der Waals surface area contributed by atoms with Gasteiger partial charge >= 0.3 is 0 Å². The fourth-order valence-corrected chi connectivity index (χ4v) is 1.26. The molecule has 2 nitrogen and oxygen atoms in total. The van der Waals surface area contributed by atoms with E-state index in [9.17, 15) is 4.79 Å². The Kier molecular flexibility index (Phi) is 4.70. The van der Waals surface area contributed by atoms with Gasteiger partial charge in [-0.2, -0.15) is 0 Å². The fourth-order valence-electron chi connectivity index (χ4n) is 1.05. The van der Waals surface area contributed by atoms with Gasteiger partial charge in [0.25, 0.3) is 0 Å². The molecule has 0 radical (unpaired) electrons. The average Bonchev–Trinajstić information content (AvgIpc) is 2.18. The summed E-state index contributed by atoms with van der Waals surface area (Å²) in [5.74, 6) is 0. The molecule has 0 aliphatic carbocycles. The van der Waals surface area contributed by atoms with Gasteiger partial charge in [0, 0.05) is 5.02 Å². The number of allylic oxidation sites excluding steroid dienone is 1. The average molecular weight is 208 g/mol. The molecule has 0 bridgehead atoms. The van der Waals surface area contributed by atoms with Gasteiger partial charge < -0.3 is 0 Å². The summed E-state index contributed by atoms with van der Waals surface area (Å²) in [6.07, 6.45) is 6.05. The smallest absolute Gasteiger partial charge is 0.211 e. The molecule has 0 saturated carbocycles. The second-order valence-electron chi connectivity index (χ2n) is 2.74. The first-order chi connectivity index (χ1) is 6.83. The number of isocyanates is 1. The molecule has 3 heteroatoms. The number of benzene rings is 1.